The Balaban J connectivity index is 1.95. The number of aryl methyl sites for hydroxylation is 1. The van der Waals surface area contributed by atoms with E-state index in [9.17, 15) is 14.7 Å². The average Bonchev–Trinajstić information content (AvgIpc) is 3.22. The van der Waals surface area contributed by atoms with Gasteiger partial charge in [0.25, 0.3) is 5.91 Å². The lowest BCUT2D eigenvalue weighted by Gasteiger charge is -2.09. The molecule has 0 saturated heterocycles. The third-order valence-electron chi connectivity index (χ3n) is 4.17. The number of rotatable bonds is 3. The highest BCUT2D eigenvalue weighted by molar-refractivity contribution is 7.11. The number of aliphatic imine (C=N–C) groups is 1. The third-order valence-corrected chi connectivity index (χ3v) is 5.06. The first-order valence-electron chi connectivity index (χ1n) is 8.21. The number of nitrogens with zero attached hydrogens (tertiary/aromatic N) is 1. The normalized spacial score (nSPS) is 13.1. The number of amides is 1. The molecular weight excluding hydrogens is 362 g/mol. The number of carbonyl (C=O) groups excluding carboxylic acids is 1. The van der Waals surface area contributed by atoms with Gasteiger partial charge < -0.3 is 10.4 Å². The summed E-state index contributed by atoms with van der Waals surface area (Å²) in [5.74, 6) is -0.740. The first-order valence-corrected chi connectivity index (χ1v) is 9.03. The molecule has 6 nitrogen and oxygen atoms in total. The number of carbonyl (C=O) groups is 1. The molecule has 0 fully saturated rings. The van der Waals surface area contributed by atoms with Crippen LogP contribution < -0.4 is 20.6 Å². The van der Waals surface area contributed by atoms with Crippen LogP contribution in [0.4, 0.5) is 11.4 Å². The smallest absolute Gasteiger partial charge is 0.307 e. The number of aromatic amines is 1. The van der Waals surface area contributed by atoms with Crippen LogP contribution in [0.5, 0.6) is 5.88 Å². The molecule has 2 aromatic carbocycles. The first kappa shape index (κ1) is 17.0. The molecule has 0 spiro atoms. The second-order valence-corrected chi connectivity index (χ2v) is 7.06. The molecule has 3 aromatic rings. The molecular formula is C20H15N3O3S. The van der Waals surface area contributed by atoms with Crippen molar-refractivity contribution in [3.63, 3.8) is 0 Å². The molecule has 1 aliphatic heterocycles. The summed E-state index contributed by atoms with van der Waals surface area (Å²) in [6, 6.07) is 12.8. The Morgan fingerprint density at radius 1 is 1.22 bits per heavy atom. The fourth-order valence-electron chi connectivity index (χ4n) is 3.00. The van der Waals surface area contributed by atoms with Crippen LogP contribution in [0.3, 0.4) is 0 Å². The number of anilines is 1. The van der Waals surface area contributed by atoms with E-state index in [0.29, 0.717) is 10.9 Å². The van der Waals surface area contributed by atoms with Crippen LogP contribution >= 0.6 is 11.3 Å². The molecule has 27 heavy (non-hydrogen) atoms. The van der Waals surface area contributed by atoms with Crippen LogP contribution in [0.25, 0.3) is 11.6 Å². The fraction of sp³-hybridized carbons (Fsp3) is 0.0500. The van der Waals surface area contributed by atoms with Gasteiger partial charge in [-0.15, -0.1) is 0 Å². The summed E-state index contributed by atoms with van der Waals surface area (Å²) in [7, 11) is 0. The number of fused-ring (bicyclic) bond motifs is 1. The maximum atomic E-state index is 13.2. The number of benzene rings is 2. The van der Waals surface area contributed by atoms with Crippen molar-refractivity contribution in [2.75, 3.05) is 5.32 Å². The van der Waals surface area contributed by atoms with Crippen molar-refractivity contribution in [2.45, 2.75) is 6.92 Å². The van der Waals surface area contributed by atoms with Crippen LogP contribution in [0.1, 0.15) is 10.4 Å². The van der Waals surface area contributed by atoms with E-state index in [2.05, 4.69) is 15.3 Å². The van der Waals surface area contributed by atoms with Gasteiger partial charge in [-0.25, -0.2) is 0 Å². The molecule has 3 N–H and O–H groups in total. The van der Waals surface area contributed by atoms with Gasteiger partial charge in [0.15, 0.2) is 0 Å². The molecule has 0 aliphatic carbocycles. The minimum atomic E-state index is -0.434. The van der Waals surface area contributed by atoms with Gasteiger partial charge in [-0.2, -0.15) is 0 Å². The fourth-order valence-corrected chi connectivity index (χ4v) is 3.79. The molecule has 0 unspecified atom stereocenters. The van der Waals surface area contributed by atoms with Crippen molar-refractivity contribution in [3.05, 3.63) is 73.0 Å². The summed E-state index contributed by atoms with van der Waals surface area (Å²) in [5.41, 5.74) is 2.59. The number of hydrogen-bond acceptors (Lipinski definition) is 5. The van der Waals surface area contributed by atoms with Gasteiger partial charge in [-0.05, 0) is 42.0 Å². The largest absolute Gasteiger partial charge is 0.493 e. The molecule has 2 heterocycles. The van der Waals surface area contributed by atoms with Crippen molar-refractivity contribution in [1.29, 1.82) is 0 Å². The lowest BCUT2D eigenvalue weighted by atomic mass is 10.1. The summed E-state index contributed by atoms with van der Waals surface area (Å²) in [4.78, 5) is 31.2. The van der Waals surface area contributed by atoms with Crippen molar-refractivity contribution in [1.82, 2.24) is 4.98 Å². The predicted octanol–water partition coefficient (Wildman–Crippen LogP) is 1.78. The minimum absolute atomic E-state index is 0.193. The quantitative estimate of drug-likeness (QED) is 0.649. The number of aromatic nitrogens is 1. The maximum absolute atomic E-state index is 13.2. The van der Waals surface area contributed by atoms with Gasteiger partial charge in [0.2, 0.25) is 5.88 Å². The average molecular weight is 377 g/mol. The number of hydrogen-bond donors (Lipinski definition) is 3. The topological polar surface area (TPSA) is 94.5 Å². The van der Waals surface area contributed by atoms with Crippen molar-refractivity contribution >= 4 is 46.5 Å². The van der Waals surface area contributed by atoms with E-state index >= 15 is 0 Å². The zero-order chi connectivity index (χ0) is 19.0. The lowest BCUT2D eigenvalue weighted by Crippen LogP contribution is -2.31. The predicted molar refractivity (Wildman–Crippen MR) is 107 cm³/mol. The number of thiazole rings is 1. The molecule has 0 bridgehead atoms. The highest BCUT2D eigenvalue weighted by Gasteiger charge is 2.21. The number of aromatic hydroxyl groups is 1. The first-order chi connectivity index (χ1) is 13.0. The monoisotopic (exact) mass is 377 g/mol. The molecule has 134 valence electrons. The Kier molecular flexibility index (Phi) is 4.21. The van der Waals surface area contributed by atoms with E-state index in [1.807, 2.05) is 31.2 Å². The van der Waals surface area contributed by atoms with E-state index in [-0.39, 0.29) is 16.3 Å². The highest BCUT2D eigenvalue weighted by Crippen LogP contribution is 2.25. The molecule has 7 heteroatoms. The standard InChI is InChI=1S/C20H15N3O3S/c1-11-4-2-5-12(10-11)22-18(24)16(17-19(25)23-20(26)27-17)14-6-3-7-15-13(14)8-9-21-15/h2-10,25H,1H3,(H,22,24)(H,23,26). The van der Waals surface area contributed by atoms with Crippen molar-refractivity contribution < 1.29 is 9.90 Å². The van der Waals surface area contributed by atoms with Crippen LogP contribution in [0, 0.1) is 6.92 Å². The SMILES string of the molecule is Cc1cccc(NC(=O)C(c2sc(=O)[nH]c2O)=c2cccc3c2=CC=N3)c1. The van der Waals surface area contributed by atoms with E-state index in [0.717, 1.165) is 27.8 Å². The molecule has 1 aliphatic rings. The lowest BCUT2D eigenvalue weighted by molar-refractivity contribution is -0.111. The molecule has 1 aromatic heterocycles. The summed E-state index contributed by atoms with van der Waals surface area (Å²) in [5, 5.41) is 14.4. The van der Waals surface area contributed by atoms with Gasteiger partial charge in [0.1, 0.15) is 4.88 Å². The molecule has 1 amide bonds. The summed E-state index contributed by atoms with van der Waals surface area (Å²) < 4.78 is 0. The zero-order valence-electron chi connectivity index (χ0n) is 14.3. The number of nitrogens with one attached hydrogen (secondary N) is 2. The molecule has 0 radical (unpaired) electrons. The Morgan fingerprint density at radius 2 is 2.04 bits per heavy atom. The third kappa shape index (κ3) is 3.20. The molecule has 0 atom stereocenters. The van der Waals surface area contributed by atoms with Gasteiger partial charge in [-0.1, -0.05) is 35.6 Å². The second-order valence-electron chi connectivity index (χ2n) is 6.07. The van der Waals surface area contributed by atoms with Crippen LogP contribution in [0.2, 0.25) is 0 Å². The van der Waals surface area contributed by atoms with Gasteiger partial charge in [-0.3, -0.25) is 19.6 Å². The summed E-state index contributed by atoms with van der Waals surface area (Å²) in [6.07, 6.45) is 3.46. The minimum Gasteiger partial charge on any atom is -0.493 e. The van der Waals surface area contributed by atoms with Crippen LogP contribution in [-0.2, 0) is 4.79 Å². The van der Waals surface area contributed by atoms with E-state index in [4.69, 9.17) is 0 Å². The molecule has 0 saturated carbocycles. The summed E-state index contributed by atoms with van der Waals surface area (Å²) >= 11 is 0.791. The molecule has 4 rings (SSSR count). The Hall–Kier alpha value is -3.45. The van der Waals surface area contributed by atoms with E-state index < -0.39 is 10.8 Å². The summed E-state index contributed by atoms with van der Waals surface area (Å²) in [6.45, 7) is 1.93. The van der Waals surface area contributed by atoms with Crippen molar-refractivity contribution in [2.24, 2.45) is 4.99 Å². The van der Waals surface area contributed by atoms with Crippen LogP contribution in [-0.4, -0.2) is 22.2 Å². The second kappa shape index (κ2) is 6.69. The van der Waals surface area contributed by atoms with Crippen molar-refractivity contribution in [3.8, 4) is 5.88 Å². The maximum Gasteiger partial charge on any atom is 0.307 e. The van der Waals surface area contributed by atoms with E-state index in [1.165, 1.54) is 0 Å². The zero-order valence-corrected chi connectivity index (χ0v) is 15.1. The van der Waals surface area contributed by atoms with Gasteiger partial charge in [0.05, 0.1) is 11.3 Å². The Labute approximate surface area is 157 Å². The van der Waals surface area contributed by atoms with Gasteiger partial charge in [0, 0.05) is 17.1 Å². The Morgan fingerprint density at radius 3 is 2.78 bits per heavy atom. The highest BCUT2D eigenvalue weighted by atomic mass is 32.1. The van der Waals surface area contributed by atoms with E-state index in [1.54, 1.807) is 30.5 Å². The van der Waals surface area contributed by atoms with Gasteiger partial charge >= 0.3 is 4.87 Å². The van der Waals surface area contributed by atoms with Crippen LogP contribution in [0.15, 0.2) is 52.3 Å². The Bertz CT molecular complexity index is 1270. The number of H-pyrrole nitrogens is 1.